The Balaban J connectivity index is 1.58. The fourth-order valence-electron chi connectivity index (χ4n) is 3.38. The van der Waals surface area contributed by atoms with Crippen molar-refractivity contribution in [1.82, 2.24) is 24.7 Å². The van der Waals surface area contributed by atoms with E-state index < -0.39 is 0 Å². The molecule has 0 aliphatic rings. The van der Waals surface area contributed by atoms with E-state index in [4.69, 9.17) is 11.6 Å². The van der Waals surface area contributed by atoms with E-state index in [9.17, 15) is 4.79 Å². The van der Waals surface area contributed by atoms with Gasteiger partial charge in [0.15, 0.2) is 11.0 Å². The van der Waals surface area contributed by atoms with Gasteiger partial charge in [0.05, 0.1) is 16.7 Å². The molecule has 8 heteroatoms. The van der Waals surface area contributed by atoms with Crippen LogP contribution in [0.5, 0.6) is 0 Å². The molecule has 4 rings (SSSR count). The summed E-state index contributed by atoms with van der Waals surface area (Å²) in [7, 11) is 0. The molecule has 2 heterocycles. The van der Waals surface area contributed by atoms with E-state index in [-0.39, 0.29) is 11.0 Å². The van der Waals surface area contributed by atoms with Crippen molar-refractivity contribution in [1.29, 1.82) is 0 Å². The maximum atomic E-state index is 12.4. The van der Waals surface area contributed by atoms with Crippen LogP contribution in [0, 0.1) is 0 Å². The maximum Gasteiger partial charge on any atom is 0.258 e. The van der Waals surface area contributed by atoms with Gasteiger partial charge in [0.1, 0.15) is 5.82 Å². The summed E-state index contributed by atoms with van der Waals surface area (Å²) in [5, 5.41) is 10.7. The van der Waals surface area contributed by atoms with Crippen LogP contribution in [-0.4, -0.2) is 24.7 Å². The predicted octanol–water partition coefficient (Wildman–Crippen LogP) is 5.44. The Kier molecular flexibility index (Phi) is 5.90. The smallest absolute Gasteiger partial charge is 0.258 e. The Morgan fingerprint density at radius 3 is 2.52 bits per heavy atom. The van der Waals surface area contributed by atoms with Crippen molar-refractivity contribution in [2.45, 2.75) is 50.6 Å². The highest BCUT2D eigenvalue weighted by molar-refractivity contribution is 7.98. The molecule has 6 nitrogen and oxygen atoms in total. The summed E-state index contributed by atoms with van der Waals surface area (Å²) in [6.07, 6.45) is 0. The number of halogens is 1. The molecule has 0 unspecified atom stereocenters. The third kappa shape index (κ3) is 4.52. The van der Waals surface area contributed by atoms with Gasteiger partial charge in [0.25, 0.3) is 5.56 Å². The van der Waals surface area contributed by atoms with Gasteiger partial charge in [-0.05, 0) is 36.1 Å². The van der Waals surface area contributed by atoms with Crippen LogP contribution < -0.4 is 5.56 Å². The number of H-pyrrole nitrogens is 1. The first-order valence-corrected chi connectivity index (χ1v) is 11.5. The Hall–Kier alpha value is -2.64. The summed E-state index contributed by atoms with van der Waals surface area (Å²) in [6.45, 7) is 9.40. The van der Waals surface area contributed by atoms with E-state index >= 15 is 0 Å². The number of fused-ring (bicyclic) bond motifs is 1. The molecule has 0 bridgehead atoms. The van der Waals surface area contributed by atoms with Gasteiger partial charge in [-0.15, -0.1) is 10.2 Å². The Bertz CT molecular complexity index is 1290. The van der Waals surface area contributed by atoms with Crippen LogP contribution in [0.25, 0.3) is 22.3 Å². The van der Waals surface area contributed by atoms with Crippen molar-refractivity contribution in [3.8, 4) is 11.4 Å². The van der Waals surface area contributed by atoms with Crippen molar-refractivity contribution in [3.63, 3.8) is 0 Å². The van der Waals surface area contributed by atoms with Gasteiger partial charge >= 0.3 is 0 Å². The van der Waals surface area contributed by atoms with Crippen LogP contribution in [0.15, 0.2) is 52.4 Å². The minimum Gasteiger partial charge on any atom is -0.309 e. The largest absolute Gasteiger partial charge is 0.309 e. The number of nitrogens with one attached hydrogen (secondary N) is 1. The minimum atomic E-state index is -0.172. The fourth-order valence-corrected chi connectivity index (χ4v) is 4.41. The molecule has 0 aliphatic heterocycles. The zero-order valence-corrected chi connectivity index (χ0v) is 19.5. The van der Waals surface area contributed by atoms with Crippen molar-refractivity contribution in [2.24, 2.45) is 0 Å². The molecule has 0 atom stereocenters. The molecule has 1 N–H and O–H groups in total. The average Bonchev–Trinajstić information content (AvgIpc) is 3.14. The molecule has 0 radical (unpaired) electrons. The van der Waals surface area contributed by atoms with Crippen molar-refractivity contribution >= 4 is 34.3 Å². The first-order chi connectivity index (χ1) is 14.8. The highest BCUT2D eigenvalue weighted by Crippen LogP contribution is 2.28. The van der Waals surface area contributed by atoms with Crippen LogP contribution in [-0.2, 0) is 17.7 Å². The van der Waals surface area contributed by atoms with Gasteiger partial charge in [-0.3, -0.25) is 4.79 Å². The topological polar surface area (TPSA) is 76.5 Å². The second-order valence-electron chi connectivity index (χ2n) is 8.34. The third-order valence-corrected chi connectivity index (χ3v) is 6.31. The van der Waals surface area contributed by atoms with Gasteiger partial charge in [-0.2, -0.15) is 0 Å². The summed E-state index contributed by atoms with van der Waals surface area (Å²) in [6, 6.07) is 13.6. The molecule has 0 spiro atoms. The van der Waals surface area contributed by atoms with Crippen LogP contribution in [0.2, 0.25) is 5.02 Å². The summed E-state index contributed by atoms with van der Waals surface area (Å²) in [4.78, 5) is 19.7. The SMILES string of the molecule is CCn1c(SCc2nc3cc(Cl)ccc3c(=O)[nH]2)nnc1-c1ccc(C(C)(C)C)cc1. The molecule has 0 amide bonds. The van der Waals surface area contributed by atoms with Crippen molar-refractivity contribution in [3.05, 3.63) is 69.2 Å². The summed E-state index contributed by atoms with van der Waals surface area (Å²) < 4.78 is 2.08. The number of hydrogen-bond acceptors (Lipinski definition) is 5. The summed E-state index contributed by atoms with van der Waals surface area (Å²) >= 11 is 7.55. The predicted molar refractivity (Wildman–Crippen MR) is 127 cm³/mol. The summed E-state index contributed by atoms with van der Waals surface area (Å²) in [5.41, 5.74) is 2.82. The number of hydrogen-bond donors (Lipinski definition) is 1. The van der Waals surface area contributed by atoms with E-state index in [0.29, 0.717) is 27.5 Å². The van der Waals surface area contributed by atoms with Crippen LogP contribution in [0.4, 0.5) is 0 Å². The van der Waals surface area contributed by atoms with Gasteiger partial charge < -0.3 is 9.55 Å². The molecule has 2 aromatic heterocycles. The second-order valence-corrected chi connectivity index (χ2v) is 9.72. The highest BCUT2D eigenvalue weighted by atomic mass is 35.5. The van der Waals surface area contributed by atoms with E-state index in [1.807, 2.05) is 0 Å². The molecule has 4 aromatic rings. The first kappa shape index (κ1) is 21.6. The quantitative estimate of drug-likeness (QED) is 0.407. The zero-order valence-electron chi connectivity index (χ0n) is 17.9. The Morgan fingerprint density at radius 1 is 1.10 bits per heavy atom. The molecule has 0 saturated heterocycles. The molecule has 160 valence electrons. The Labute approximate surface area is 190 Å². The maximum absolute atomic E-state index is 12.4. The van der Waals surface area contributed by atoms with Gasteiger partial charge in [-0.25, -0.2) is 4.98 Å². The van der Waals surface area contributed by atoms with Gasteiger partial charge in [-0.1, -0.05) is 68.4 Å². The number of aromatic nitrogens is 5. The highest BCUT2D eigenvalue weighted by Gasteiger charge is 2.17. The second kappa shape index (κ2) is 8.48. The molecule has 0 aliphatic carbocycles. The molecule has 2 aromatic carbocycles. The van der Waals surface area contributed by atoms with Crippen molar-refractivity contribution in [2.75, 3.05) is 0 Å². The number of nitrogens with zero attached hydrogens (tertiary/aromatic N) is 4. The molecule has 0 saturated carbocycles. The lowest BCUT2D eigenvalue weighted by atomic mass is 9.87. The van der Waals surface area contributed by atoms with Gasteiger partial charge in [0.2, 0.25) is 0 Å². The number of benzene rings is 2. The number of thioether (sulfide) groups is 1. The van der Waals surface area contributed by atoms with E-state index in [2.05, 4.69) is 76.7 Å². The Morgan fingerprint density at radius 2 is 1.84 bits per heavy atom. The van der Waals surface area contributed by atoms with Crippen LogP contribution in [0.1, 0.15) is 39.1 Å². The van der Waals surface area contributed by atoms with Crippen molar-refractivity contribution < 1.29 is 0 Å². The lowest BCUT2D eigenvalue weighted by Gasteiger charge is -2.19. The fraction of sp³-hybridized carbons (Fsp3) is 0.304. The molecular formula is C23H24ClN5OS. The average molecular weight is 454 g/mol. The number of rotatable bonds is 5. The van der Waals surface area contributed by atoms with Crippen LogP contribution >= 0.6 is 23.4 Å². The van der Waals surface area contributed by atoms with Gasteiger partial charge in [0, 0.05) is 17.1 Å². The van der Waals surface area contributed by atoms with Crippen LogP contribution in [0.3, 0.4) is 0 Å². The molecular weight excluding hydrogens is 430 g/mol. The normalized spacial score (nSPS) is 11.9. The molecule has 0 fully saturated rings. The summed E-state index contributed by atoms with van der Waals surface area (Å²) in [5.74, 6) is 1.88. The monoisotopic (exact) mass is 453 g/mol. The zero-order chi connectivity index (χ0) is 22.2. The third-order valence-electron chi connectivity index (χ3n) is 5.10. The molecule has 31 heavy (non-hydrogen) atoms. The van der Waals surface area contributed by atoms with E-state index in [1.54, 1.807) is 18.2 Å². The standard InChI is InChI=1S/C23H24ClN5OS/c1-5-29-20(14-6-8-15(9-7-14)23(2,3)4)27-28-22(29)31-13-19-25-18-12-16(24)10-11-17(18)21(30)26-19/h6-12H,5,13H2,1-4H3,(H,25,26,30). The van der Waals surface area contributed by atoms with E-state index in [0.717, 1.165) is 23.1 Å². The van der Waals surface area contributed by atoms with E-state index in [1.165, 1.54) is 17.3 Å². The minimum absolute atomic E-state index is 0.103. The number of aromatic amines is 1. The lowest BCUT2D eigenvalue weighted by molar-refractivity contribution is 0.590. The lowest BCUT2D eigenvalue weighted by Crippen LogP contribution is -2.11. The first-order valence-electron chi connectivity index (χ1n) is 10.1.